The van der Waals surface area contributed by atoms with Gasteiger partial charge in [-0.2, -0.15) is 0 Å². The van der Waals surface area contributed by atoms with Gasteiger partial charge in [0.2, 0.25) is 0 Å². The van der Waals surface area contributed by atoms with E-state index in [4.69, 9.17) is 4.74 Å². The van der Waals surface area contributed by atoms with Crippen LogP contribution in [0.25, 0.3) is 0 Å². The van der Waals surface area contributed by atoms with E-state index in [1.165, 1.54) is 4.88 Å². The Hall–Kier alpha value is -0.590. The maximum atomic E-state index is 12.0. The second-order valence-corrected chi connectivity index (χ2v) is 8.06. The summed E-state index contributed by atoms with van der Waals surface area (Å²) >= 11 is 5.09. The third kappa shape index (κ3) is 4.20. The van der Waals surface area contributed by atoms with Gasteiger partial charge in [0.15, 0.2) is 0 Å². The summed E-state index contributed by atoms with van der Waals surface area (Å²) in [6, 6.07) is 2.06. The molecule has 0 bridgehead atoms. The first-order chi connectivity index (χ1) is 9.24. The Morgan fingerprint density at radius 2 is 2.25 bits per heavy atom. The molecule has 2 atom stereocenters. The molecule has 0 radical (unpaired) electrons. The highest BCUT2D eigenvalue weighted by molar-refractivity contribution is 9.10. The Kier molecular flexibility index (Phi) is 4.76. The summed E-state index contributed by atoms with van der Waals surface area (Å²) in [5.41, 5.74) is -0.501. The number of carbonyl (C=O) groups excluding carboxylic acids is 1. The SMILES string of the molecule is CC(C)(C)OC(=O)N1CC(O)C(Cc2cc(Br)cs2)C1. The number of aliphatic hydroxyl groups is 1. The lowest BCUT2D eigenvalue weighted by Crippen LogP contribution is -2.35. The van der Waals surface area contributed by atoms with Gasteiger partial charge in [-0.3, -0.25) is 0 Å². The third-order valence-corrected chi connectivity index (χ3v) is 4.86. The quantitative estimate of drug-likeness (QED) is 0.879. The van der Waals surface area contributed by atoms with Crippen molar-refractivity contribution in [2.24, 2.45) is 5.92 Å². The van der Waals surface area contributed by atoms with Crippen molar-refractivity contribution < 1.29 is 14.6 Å². The van der Waals surface area contributed by atoms with Crippen LogP contribution in [0.1, 0.15) is 25.6 Å². The van der Waals surface area contributed by atoms with Gasteiger partial charge in [0.05, 0.1) is 12.6 Å². The largest absolute Gasteiger partial charge is 0.444 e. The van der Waals surface area contributed by atoms with Crippen molar-refractivity contribution in [3.63, 3.8) is 0 Å². The molecule has 2 rings (SSSR count). The normalized spacial score (nSPS) is 23.1. The zero-order valence-electron chi connectivity index (χ0n) is 11.9. The van der Waals surface area contributed by atoms with Gasteiger partial charge in [0.25, 0.3) is 0 Å². The molecule has 1 aliphatic rings. The van der Waals surface area contributed by atoms with Crippen molar-refractivity contribution in [1.29, 1.82) is 0 Å². The average molecular weight is 362 g/mol. The molecule has 0 aromatic carbocycles. The number of thiophene rings is 1. The Balaban J connectivity index is 1.93. The van der Waals surface area contributed by atoms with E-state index in [9.17, 15) is 9.90 Å². The molecule has 1 fully saturated rings. The smallest absolute Gasteiger partial charge is 0.410 e. The molecule has 0 aliphatic carbocycles. The van der Waals surface area contributed by atoms with Crippen LogP contribution in [-0.2, 0) is 11.2 Å². The first-order valence-electron chi connectivity index (χ1n) is 6.63. The van der Waals surface area contributed by atoms with Crippen LogP contribution in [0.5, 0.6) is 0 Å². The van der Waals surface area contributed by atoms with E-state index in [1.54, 1.807) is 16.2 Å². The van der Waals surface area contributed by atoms with Crippen LogP contribution in [-0.4, -0.2) is 40.9 Å². The lowest BCUT2D eigenvalue weighted by molar-refractivity contribution is 0.0270. The number of ether oxygens (including phenoxy) is 1. The lowest BCUT2D eigenvalue weighted by atomic mass is 10.0. The van der Waals surface area contributed by atoms with Crippen LogP contribution in [0.3, 0.4) is 0 Å². The molecule has 1 aromatic rings. The monoisotopic (exact) mass is 361 g/mol. The number of amides is 1. The fraction of sp³-hybridized carbons (Fsp3) is 0.643. The molecule has 4 nitrogen and oxygen atoms in total. The number of β-amino-alcohol motifs (C(OH)–C–C–N with tert-alkyl or cyclic N) is 1. The number of carbonyl (C=O) groups is 1. The van der Waals surface area contributed by atoms with E-state index in [2.05, 4.69) is 22.0 Å². The van der Waals surface area contributed by atoms with E-state index in [0.29, 0.717) is 13.1 Å². The van der Waals surface area contributed by atoms with Gasteiger partial charge in [-0.1, -0.05) is 0 Å². The summed E-state index contributed by atoms with van der Waals surface area (Å²) in [7, 11) is 0. The highest BCUT2D eigenvalue weighted by atomic mass is 79.9. The minimum Gasteiger partial charge on any atom is -0.444 e. The molecule has 112 valence electrons. The van der Waals surface area contributed by atoms with Crippen LogP contribution < -0.4 is 0 Å². The minimum atomic E-state index is -0.501. The first kappa shape index (κ1) is 15.8. The highest BCUT2D eigenvalue weighted by Crippen LogP contribution is 2.27. The van der Waals surface area contributed by atoms with E-state index < -0.39 is 11.7 Å². The molecule has 20 heavy (non-hydrogen) atoms. The molecule has 6 heteroatoms. The predicted molar refractivity (Wildman–Crippen MR) is 83.0 cm³/mol. The number of halogens is 1. The summed E-state index contributed by atoms with van der Waals surface area (Å²) in [5, 5.41) is 12.1. The molecule has 1 saturated heterocycles. The molecule has 1 N–H and O–H groups in total. The van der Waals surface area contributed by atoms with Gasteiger partial charge >= 0.3 is 6.09 Å². The zero-order chi connectivity index (χ0) is 14.9. The number of rotatable bonds is 2. The summed E-state index contributed by atoms with van der Waals surface area (Å²) in [6.45, 7) is 6.44. The highest BCUT2D eigenvalue weighted by Gasteiger charge is 2.36. The van der Waals surface area contributed by atoms with Crippen molar-refractivity contribution in [3.05, 3.63) is 20.8 Å². The third-order valence-electron chi connectivity index (χ3n) is 3.14. The Morgan fingerprint density at radius 1 is 1.55 bits per heavy atom. The van der Waals surface area contributed by atoms with E-state index in [1.807, 2.05) is 26.2 Å². The van der Waals surface area contributed by atoms with Crippen molar-refractivity contribution >= 4 is 33.4 Å². The molecule has 2 unspecified atom stereocenters. The average Bonchev–Trinajstić information content (AvgIpc) is 2.85. The van der Waals surface area contributed by atoms with Crippen molar-refractivity contribution in [2.75, 3.05) is 13.1 Å². The van der Waals surface area contributed by atoms with Crippen LogP contribution in [0.2, 0.25) is 0 Å². The Labute approximate surface area is 131 Å². The summed E-state index contributed by atoms with van der Waals surface area (Å²) in [5.74, 6) is 0.0769. The molecule has 1 aliphatic heterocycles. The van der Waals surface area contributed by atoms with E-state index >= 15 is 0 Å². The molecule has 0 saturated carbocycles. The predicted octanol–water partition coefficient (Wildman–Crippen LogP) is 3.28. The summed E-state index contributed by atoms with van der Waals surface area (Å²) in [6.07, 6.45) is -0.0358. The molecule has 2 heterocycles. The number of aliphatic hydroxyl groups excluding tert-OH is 1. The van der Waals surface area contributed by atoms with Crippen LogP contribution in [0.15, 0.2) is 15.9 Å². The maximum Gasteiger partial charge on any atom is 0.410 e. The Morgan fingerprint density at radius 3 is 2.80 bits per heavy atom. The second-order valence-electron chi connectivity index (χ2n) is 6.15. The first-order valence-corrected chi connectivity index (χ1v) is 8.31. The molecule has 1 aromatic heterocycles. The number of hydrogen-bond acceptors (Lipinski definition) is 4. The van der Waals surface area contributed by atoms with E-state index in [0.717, 1.165) is 10.9 Å². The number of hydrogen-bond donors (Lipinski definition) is 1. The van der Waals surface area contributed by atoms with Gasteiger partial charge in [0, 0.05) is 27.2 Å². The lowest BCUT2D eigenvalue weighted by Gasteiger charge is -2.24. The standard InChI is InChI=1S/C14H20BrNO3S/c1-14(2,3)19-13(18)16-6-9(12(17)7-16)4-11-5-10(15)8-20-11/h5,8-9,12,17H,4,6-7H2,1-3H3. The van der Waals surface area contributed by atoms with E-state index in [-0.39, 0.29) is 12.0 Å². The molecular formula is C14H20BrNO3S. The number of nitrogens with zero attached hydrogens (tertiary/aromatic N) is 1. The molecule has 1 amide bonds. The van der Waals surface area contributed by atoms with Crippen LogP contribution >= 0.6 is 27.3 Å². The van der Waals surface area contributed by atoms with Crippen LogP contribution in [0.4, 0.5) is 4.79 Å². The van der Waals surface area contributed by atoms with Gasteiger partial charge in [0.1, 0.15) is 5.60 Å². The minimum absolute atomic E-state index is 0.0769. The molecular weight excluding hydrogens is 342 g/mol. The Bertz CT molecular complexity index is 483. The van der Waals surface area contributed by atoms with Gasteiger partial charge in [-0.05, 0) is 49.2 Å². The van der Waals surface area contributed by atoms with Crippen molar-refractivity contribution in [3.8, 4) is 0 Å². The van der Waals surface area contributed by atoms with Crippen LogP contribution in [0, 0.1) is 5.92 Å². The van der Waals surface area contributed by atoms with Gasteiger partial charge in [-0.25, -0.2) is 4.79 Å². The van der Waals surface area contributed by atoms with Gasteiger partial charge < -0.3 is 14.7 Å². The second kappa shape index (κ2) is 6.03. The van der Waals surface area contributed by atoms with Crippen molar-refractivity contribution in [1.82, 2.24) is 4.90 Å². The fourth-order valence-electron chi connectivity index (χ4n) is 2.25. The summed E-state index contributed by atoms with van der Waals surface area (Å²) in [4.78, 5) is 14.8. The summed E-state index contributed by atoms with van der Waals surface area (Å²) < 4.78 is 6.41. The maximum absolute atomic E-state index is 12.0. The zero-order valence-corrected chi connectivity index (χ0v) is 14.3. The van der Waals surface area contributed by atoms with Gasteiger partial charge in [-0.15, -0.1) is 11.3 Å². The number of likely N-dealkylation sites (tertiary alicyclic amines) is 1. The molecule has 0 spiro atoms. The van der Waals surface area contributed by atoms with Crippen molar-refractivity contribution in [2.45, 2.75) is 38.9 Å². The topological polar surface area (TPSA) is 49.8 Å². The fourth-order valence-corrected chi connectivity index (χ4v) is 3.80.